The highest BCUT2D eigenvalue weighted by Gasteiger charge is 2.25. The van der Waals surface area contributed by atoms with Gasteiger partial charge in [-0.2, -0.15) is 0 Å². The summed E-state index contributed by atoms with van der Waals surface area (Å²) in [6, 6.07) is 14.3. The molecule has 7 rings (SSSR count). The SMILES string of the molecule is CCC1=C(C)c2cc3[nH]c(cc4nc(cc5[nH]c(cc1n2)c1cc(C(=O)OC)c(C(=O)OC)cc51)C(CC)=C4C)c1cc(C(=O)OC)c(C(=O)OC)cc31. The summed E-state index contributed by atoms with van der Waals surface area (Å²) >= 11 is 0. The third-order valence-electron chi connectivity index (χ3n) is 10.2. The molecule has 0 radical (unpaired) electrons. The van der Waals surface area contributed by atoms with Gasteiger partial charge in [-0.05, 0) is 97.5 Å². The highest BCUT2D eigenvalue weighted by atomic mass is 16.5. The summed E-state index contributed by atoms with van der Waals surface area (Å²) in [7, 11) is 5.06. The number of hydrogen-bond acceptors (Lipinski definition) is 10. The molecule has 2 aliphatic rings. The first-order chi connectivity index (χ1) is 26.0. The number of allylic oxidation sites excluding steroid dienone is 4. The van der Waals surface area contributed by atoms with Crippen molar-refractivity contribution in [2.45, 2.75) is 40.5 Å². The number of fused-ring (bicyclic) bond motifs is 14. The summed E-state index contributed by atoms with van der Waals surface area (Å²) in [5, 5.41) is 2.70. The predicted octanol–water partition coefficient (Wildman–Crippen LogP) is 8.45. The van der Waals surface area contributed by atoms with Crippen molar-refractivity contribution < 1.29 is 38.1 Å². The number of methoxy groups -OCH3 is 4. The van der Waals surface area contributed by atoms with E-state index in [1.807, 2.05) is 38.1 Å². The molecule has 0 amide bonds. The lowest BCUT2D eigenvalue weighted by Crippen LogP contribution is -2.11. The van der Waals surface area contributed by atoms with Crippen molar-refractivity contribution in [2.24, 2.45) is 0 Å². The first kappa shape index (κ1) is 35.8. The molecule has 0 aliphatic carbocycles. The lowest BCUT2D eigenvalue weighted by molar-refractivity contribution is 0.0555. The number of nitrogens with zero attached hydrogens (tertiary/aromatic N) is 2. The molecule has 2 N–H and O–H groups in total. The second-order valence-corrected chi connectivity index (χ2v) is 13.0. The Balaban J connectivity index is 1.70. The summed E-state index contributed by atoms with van der Waals surface area (Å²) in [6.07, 6.45) is 1.35. The molecule has 2 aromatic carbocycles. The maximum absolute atomic E-state index is 13.0. The molecule has 0 spiro atoms. The Labute approximate surface area is 309 Å². The number of carbonyl (C=O) groups is 4. The van der Waals surface area contributed by atoms with Crippen LogP contribution in [0.3, 0.4) is 0 Å². The van der Waals surface area contributed by atoms with E-state index < -0.39 is 23.9 Å². The highest BCUT2D eigenvalue weighted by molar-refractivity contribution is 6.17. The molecule has 5 aromatic rings. The van der Waals surface area contributed by atoms with Crippen molar-refractivity contribution in [2.75, 3.05) is 28.4 Å². The number of aromatic amines is 2. The number of carbonyl (C=O) groups excluding carboxylic acids is 4. The van der Waals surface area contributed by atoms with Crippen LogP contribution >= 0.6 is 0 Å². The van der Waals surface area contributed by atoms with Crippen molar-refractivity contribution >= 4 is 89.8 Å². The zero-order valence-electron chi connectivity index (χ0n) is 31.2. The maximum Gasteiger partial charge on any atom is 0.338 e. The van der Waals surface area contributed by atoms with Gasteiger partial charge in [-0.3, -0.25) is 0 Å². The Kier molecular flexibility index (Phi) is 9.14. The second kappa shape index (κ2) is 13.8. The van der Waals surface area contributed by atoms with E-state index in [0.29, 0.717) is 79.2 Å². The Bertz CT molecular complexity index is 2550. The summed E-state index contributed by atoms with van der Waals surface area (Å²) in [4.78, 5) is 69.2. The number of nitrogens with one attached hydrogen (secondary N) is 2. The normalized spacial score (nSPS) is 12.7. The number of ether oxygens (including phenoxy) is 4. The summed E-state index contributed by atoms with van der Waals surface area (Å²) in [5.74, 6) is -2.69. The van der Waals surface area contributed by atoms with Crippen molar-refractivity contribution in [3.05, 3.63) is 93.6 Å². The summed E-state index contributed by atoms with van der Waals surface area (Å²) < 4.78 is 20.2. The largest absolute Gasteiger partial charge is 0.465 e. The van der Waals surface area contributed by atoms with Crippen molar-refractivity contribution in [1.82, 2.24) is 19.9 Å². The average Bonchev–Trinajstić information content (AvgIpc) is 3.88. The molecule has 0 fully saturated rings. The fourth-order valence-corrected chi connectivity index (χ4v) is 7.44. The highest BCUT2D eigenvalue weighted by Crippen LogP contribution is 2.38. The second-order valence-electron chi connectivity index (χ2n) is 13.0. The molecule has 2 aliphatic heterocycles. The van der Waals surface area contributed by atoms with Crippen molar-refractivity contribution in [1.29, 1.82) is 0 Å². The number of rotatable bonds is 6. The Morgan fingerprint density at radius 3 is 0.963 bits per heavy atom. The van der Waals surface area contributed by atoms with E-state index in [4.69, 9.17) is 28.9 Å². The van der Waals surface area contributed by atoms with Gasteiger partial charge in [-0.15, -0.1) is 0 Å². The first-order valence-corrected chi connectivity index (χ1v) is 17.4. The molecule has 0 saturated heterocycles. The number of esters is 4. The van der Waals surface area contributed by atoms with Crippen molar-refractivity contribution in [3.8, 4) is 0 Å². The molecule has 0 saturated carbocycles. The molecular weight excluding hydrogens is 688 g/mol. The molecule has 0 unspecified atom stereocenters. The zero-order valence-corrected chi connectivity index (χ0v) is 31.2. The topological polar surface area (TPSA) is 163 Å². The number of H-pyrrole nitrogens is 2. The minimum atomic E-state index is -0.672. The van der Waals surface area contributed by atoms with Gasteiger partial charge in [0.1, 0.15) is 0 Å². The van der Waals surface area contributed by atoms with Gasteiger partial charge in [0.25, 0.3) is 0 Å². The molecule has 12 heteroatoms. The lowest BCUT2D eigenvalue weighted by atomic mass is 10.00. The van der Waals surface area contributed by atoms with Gasteiger partial charge in [-0.1, -0.05) is 13.8 Å². The first-order valence-electron chi connectivity index (χ1n) is 17.4. The average molecular weight is 727 g/mol. The minimum absolute atomic E-state index is 0.0713. The van der Waals surface area contributed by atoms with Gasteiger partial charge in [0.2, 0.25) is 0 Å². The third-order valence-corrected chi connectivity index (χ3v) is 10.2. The van der Waals surface area contributed by atoms with E-state index in [2.05, 4.69) is 23.8 Å². The van der Waals surface area contributed by atoms with E-state index in [-0.39, 0.29) is 22.3 Å². The van der Waals surface area contributed by atoms with Crippen LogP contribution in [0, 0.1) is 0 Å². The molecule has 8 bridgehead atoms. The van der Waals surface area contributed by atoms with Crippen LogP contribution in [-0.4, -0.2) is 72.3 Å². The summed E-state index contributed by atoms with van der Waals surface area (Å²) in [5.41, 5.74) is 9.70. The number of aromatic nitrogens is 4. The van der Waals surface area contributed by atoms with Crippen LogP contribution in [0.1, 0.15) is 105 Å². The van der Waals surface area contributed by atoms with Crippen LogP contribution in [0.15, 0.2) is 48.5 Å². The number of hydrogen-bond donors (Lipinski definition) is 2. The smallest absolute Gasteiger partial charge is 0.338 e. The lowest BCUT2D eigenvalue weighted by Gasteiger charge is -2.07. The van der Waals surface area contributed by atoms with Gasteiger partial charge < -0.3 is 28.9 Å². The predicted molar refractivity (Wildman–Crippen MR) is 207 cm³/mol. The van der Waals surface area contributed by atoms with E-state index >= 15 is 0 Å². The fraction of sp³-hybridized carbons (Fsp3) is 0.238. The van der Waals surface area contributed by atoms with Crippen LogP contribution in [0.4, 0.5) is 0 Å². The van der Waals surface area contributed by atoms with Crippen molar-refractivity contribution in [3.63, 3.8) is 0 Å². The molecule has 12 nitrogen and oxygen atoms in total. The maximum atomic E-state index is 13.0. The van der Waals surface area contributed by atoms with Crippen LogP contribution < -0.4 is 0 Å². The molecular formula is C42H38N4O8. The van der Waals surface area contributed by atoms with Gasteiger partial charge in [0.15, 0.2) is 0 Å². The molecule has 5 heterocycles. The molecule has 3 aromatic heterocycles. The molecule has 0 atom stereocenters. The van der Waals surface area contributed by atoms with Gasteiger partial charge in [-0.25, -0.2) is 29.1 Å². The number of benzene rings is 2. The molecule has 274 valence electrons. The fourth-order valence-electron chi connectivity index (χ4n) is 7.44. The van der Waals surface area contributed by atoms with E-state index in [9.17, 15) is 19.2 Å². The van der Waals surface area contributed by atoms with Crippen LogP contribution in [0.25, 0.3) is 65.9 Å². The van der Waals surface area contributed by atoms with Crippen LogP contribution in [-0.2, 0) is 18.9 Å². The third kappa shape index (κ3) is 5.70. The monoisotopic (exact) mass is 726 g/mol. The standard InChI is InChI=1S/C42H38N4O8/c1-9-21-19(3)31-15-35-23-11-27(39(47)51-5)28(40(48)52-6)12-24(23)36(45-35)16-32-20(4)22(10-2)34(44-32)18-38-26-14-30(42(50)54-8)29(41(49)53-7)13-25(26)37(46-38)17-33(21)43-31/h11-18,45-46H,9-10H2,1-8H3. The van der Waals surface area contributed by atoms with Gasteiger partial charge in [0, 0.05) is 43.6 Å². The van der Waals surface area contributed by atoms with E-state index in [1.165, 1.54) is 28.4 Å². The minimum Gasteiger partial charge on any atom is -0.465 e. The summed E-state index contributed by atoms with van der Waals surface area (Å²) in [6.45, 7) is 8.12. The Morgan fingerprint density at radius 1 is 0.463 bits per heavy atom. The quantitative estimate of drug-likeness (QED) is 0.128. The van der Waals surface area contributed by atoms with E-state index in [0.717, 1.165) is 22.3 Å². The molecule has 54 heavy (non-hydrogen) atoms. The van der Waals surface area contributed by atoms with E-state index in [1.54, 1.807) is 24.3 Å². The van der Waals surface area contributed by atoms with Crippen LogP contribution in [0.2, 0.25) is 0 Å². The Hall–Kier alpha value is -6.56. The zero-order chi connectivity index (χ0) is 38.6. The van der Waals surface area contributed by atoms with Crippen LogP contribution in [0.5, 0.6) is 0 Å². The van der Waals surface area contributed by atoms with Gasteiger partial charge in [0.05, 0.1) is 73.5 Å². The van der Waals surface area contributed by atoms with Gasteiger partial charge >= 0.3 is 23.9 Å². The Morgan fingerprint density at radius 2 is 0.722 bits per heavy atom.